The summed E-state index contributed by atoms with van der Waals surface area (Å²) in [7, 11) is 1.55. The molecule has 0 saturated heterocycles. The topological polar surface area (TPSA) is 33.0 Å². The van der Waals surface area contributed by atoms with Crippen molar-refractivity contribution in [2.75, 3.05) is 7.11 Å². The van der Waals surface area contributed by atoms with Crippen LogP contribution >= 0.6 is 0 Å². The van der Waals surface area contributed by atoms with E-state index in [0.717, 1.165) is 0 Å². The van der Waals surface area contributed by atoms with E-state index in [-0.39, 0.29) is 51.4 Å². The molecule has 2 nitrogen and oxygen atoms in total. The Hall–Kier alpha value is 0.146. The van der Waals surface area contributed by atoms with Gasteiger partial charge in [0.1, 0.15) is 0 Å². The standard InChI is InChI=1S/C8H6NO.K/c1-10-8-4-2-3-7(5-8)6-9;/h2-4H,1H3;/q-1;+1. The quantitative estimate of drug-likeness (QED) is 0.375. The van der Waals surface area contributed by atoms with Gasteiger partial charge in [0.2, 0.25) is 0 Å². The summed E-state index contributed by atoms with van der Waals surface area (Å²) in [5.41, 5.74) is 0.499. The van der Waals surface area contributed by atoms with E-state index in [2.05, 4.69) is 6.07 Å². The molecule has 0 aliphatic heterocycles. The first kappa shape index (κ1) is 11.1. The van der Waals surface area contributed by atoms with Gasteiger partial charge in [-0.3, -0.25) is 5.26 Å². The summed E-state index contributed by atoms with van der Waals surface area (Å²) in [4.78, 5) is 0. The first-order valence-electron chi connectivity index (χ1n) is 2.83. The molecule has 0 saturated carbocycles. The van der Waals surface area contributed by atoms with Crippen molar-refractivity contribution in [3.63, 3.8) is 0 Å². The monoisotopic (exact) mass is 171 g/mol. The molecule has 0 unspecified atom stereocenters. The average molecular weight is 171 g/mol. The summed E-state index contributed by atoms with van der Waals surface area (Å²) in [6, 6.07) is 9.92. The molecule has 50 valence electrons. The third-order valence-electron chi connectivity index (χ3n) is 1.11. The molecule has 0 aliphatic rings. The Morgan fingerprint density at radius 2 is 2.27 bits per heavy atom. The van der Waals surface area contributed by atoms with Crippen LogP contribution in [0.2, 0.25) is 0 Å². The minimum Gasteiger partial charge on any atom is -0.516 e. The number of hydrogen-bond acceptors (Lipinski definition) is 2. The van der Waals surface area contributed by atoms with Crippen LogP contribution in [0.5, 0.6) is 5.75 Å². The zero-order valence-electron chi connectivity index (χ0n) is 6.59. The van der Waals surface area contributed by atoms with E-state index in [0.29, 0.717) is 11.3 Å². The molecule has 0 bridgehead atoms. The zero-order chi connectivity index (χ0) is 7.40. The Bertz CT molecular complexity index is 267. The largest absolute Gasteiger partial charge is 1.00 e. The molecule has 1 rings (SSSR count). The van der Waals surface area contributed by atoms with Crippen LogP contribution in [0.25, 0.3) is 0 Å². The van der Waals surface area contributed by atoms with E-state index in [1.54, 1.807) is 25.3 Å². The van der Waals surface area contributed by atoms with Crippen molar-refractivity contribution in [3.8, 4) is 11.8 Å². The van der Waals surface area contributed by atoms with Crippen LogP contribution in [0.3, 0.4) is 0 Å². The molecule has 0 radical (unpaired) electrons. The van der Waals surface area contributed by atoms with Gasteiger partial charge in [-0.15, -0.1) is 18.2 Å². The maximum atomic E-state index is 8.42. The summed E-state index contributed by atoms with van der Waals surface area (Å²) in [5, 5.41) is 8.42. The summed E-state index contributed by atoms with van der Waals surface area (Å²) in [6.45, 7) is 0. The minimum absolute atomic E-state index is 0. The number of nitriles is 1. The van der Waals surface area contributed by atoms with Crippen molar-refractivity contribution >= 4 is 0 Å². The average Bonchev–Trinajstić information content (AvgIpc) is 2.05. The molecule has 11 heavy (non-hydrogen) atoms. The number of benzene rings is 1. The molecule has 0 aromatic heterocycles. The predicted molar refractivity (Wildman–Crippen MR) is 36.5 cm³/mol. The maximum absolute atomic E-state index is 8.42. The third kappa shape index (κ3) is 3.36. The van der Waals surface area contributed by atoms with Crippen molar-refractivity contribution in [3.05, 3.63) is 29.8 Å². The molecule has 3 heteroatoms. The van der Waals surface area contributed by atoms with Crippen molar-refractivity contribution in [2.45, 2.75) is 0 Å². The van der Waals surface area contributed by atoms with E-state index in [9.17, 15) is 0 Å². The van der Waals surface area contributed by atoms with Crippen LogP contribution < -0.4 is 56.1 Å². The van der Waals surface area contributed by atoms with Gasteiger partial charge in [0.25, 0.3) is 0 Å². The third-order valence-corrected chi connectivity index (χ3v) is 1.11. The molecule has 0 aliphatic carbocycles. The van der Waals surface area contributed by atoms with Crippen molar-refractivity contribution in [2.24, 2.45) is 0 Å². The van der Waals surface area contributed by atoms with Crippen molar-refractivity contribution in [1.29, 1.82) is 5.26 Å². The van der Waals surface area contributed by atoms with Crippen LogP contribution in [0.15, 0.2) is 18.2 Å². The van der Waals surface area contributed by atoms with Crippen molar-refractivity contribution < 1.29 is 56.1 Å². The van der Waals surface area contributed by atoms with Crippen LogP contribution in [0, 0.1) is 17.4 Å². The molecule has 0 fully saturated rings. The normalized spacial score (nSPS) is 7.64. The SMILES string of the molecule is COc1[c-]c(C#N)ccc1.[K+]. The first-order chi connectivity index (χ1) is 4.86. The Kier molecular flexibility index (Phi) is 5.83. The Morgan fingerprint density at radius 3 is 2.82 bits per heavy atom. The van der Waals surface area contributed by atoms with Gasteiger partial charge in [0, 0.05) is 5.75 Å². The van der Waals surface area contributed by atoms with Gasteiger partial charge in [0.05, 0.1) is 7.11 Å². The van der Waals surface area contributed by atoms with Gasteiger partial charge >= 0.3 is 51.4 Å². The van der Waals surface area contributed by atoms with Gasteiger partial charge in [0.15, 0.2) is 0 Å². The Balaban J connectivity index is 0.000001000. The number of methoxy groups -OCH3 is 1. The first-order valence-corrected chi connectivity index (χ1v) is 2.83. The van der Waals surface area contributed by atoms with Gasteiger partial charge in [-0.1, -0.05) is 11.6 Å². The van der Waals surface area contributed by atoms with Gasteiger partial charge in [-0.2, -0.15) is 0 Å². The van der Waals surface area contributed by atoms with E-state index in [1.165, 1.54) is 0 Å². The fraction of sp³-hybridized carbons (Fsp3) is 0.125. The van der Waals surface area contributed by atoms with Crippen LogP contribution in [-0.2, 0) is 0 Å². The van der Waals surface area contributed by atoms with E-state index in [1.807, 2.05) is 6.07 Å². The number of ether oxygens (including phenoxy) is 1. The van der Waals surface area contributed by atoms with Gasteiger partial charge in [-0.25, -0.2) is 0 Å². The molecule has 0 spiro atoms. The second kappa shape index (κ2) is 5.75. The molecule has 0 atom stereocenters. The summed E-state index contributed by atoms with van der Waals surface area (Å²) < 4.78 is 4.85. The smallest absolute Gasteiger partial charge is 0.516 e. The maximum Gasteiger partial charge on any atom is 1.00 e. The zero-order valence-corrected chi connectivity index (χ0v) is 9.71. The molecule has 1 aromatic rings. The van der Waals surface area contributed by atoms with E-state index >= 15 is 0 Å². The number of nitrogens with zero attached hydrogens (tertiary/aromatic N) is 1. The summed E-state index contributed by atoms with van der Waals surface area (Å²) in [5.74, 6) is 0.596. The van der Waals surface area contributed by atoms with Crippen LogP contribution in [0.4, 0.5) is 0 Å². The number of hydrogen-bond donors (Lipinski definition) is 0. The second-order valence-corrected chi connectivity index (χ2v) is 1.74. The van der Waals surface area contributed by atoms with E-state index < -0.39 is 0 Å². The van der Waals surface area contributed by atoms with Crippen LogP contribution in [-0.4, -0.2) is 7.11 Å². The molecule has 1 aromatic carbocycles. The van der Waals surface area contributed by atoms with E-state index in [4.69, 9.17) is 10.00 Å². The summed E-state index contributed by atoms with van der Waals surface area (Å²) in [6.07, 6.45) is 0. The minimum atomic E-state index is 0. The molecular weight excluding hydrogens is 165 g/mol. The number of rotatable bonds is 1. The molecule has 0 amide bonds. The van der Waals surface area contributed by atoms with Crippen molar-refractivity contribution in [1.82, 2.24) is 0 Å². The Labute approximate surface area is 109 Å². The molecule has 0 N–H and O–H groups in total. The second-order valence-electron chi connectivity index (χ2n) is 1.74. The van der Waals surface area contributed by atoms with Gasteiger partial charge < -0.3 is 4.74 Å². The fourth-order valence-electron chi connectivity index (χ4n) is 0.632. The molecular formula is C8H6KNO. The van der Waals surface area contributed by atoms with Crippen LogP contribution in [0.1, 0.15) is 5.56 Å². The van der Waals surface area contributed by atoms with Gasteiger partial charge in [-0.05, 0) is 6.07 Å². The molecule has 0 heterocycles. The summed E-state index contributed by atoms with van der Waals surface area (Å²) >= 11 is 0. The Morgan fingerprint density at radius 1 is 1.55 bits per heavy atom. The predicted octanol–water partition coefficient (Wildman–Crippen LogP) is -1.63. The fourth-order valence-corrected chi connectivity index (χ4v) is 0.632.